The van der Waals surface area contributed by atoms with Crippen LogP contribution in [-0.4, -0.2) is 35.8 Å². The number of piperidine rings is 1. The van der Waals surface area contributed by atoms with Gasteiger partial charge in [0.1, 0.15) is 5.78 Å². The van der Waals surface area contributed by atoms with Gasteiger partial charge in [0.15, 0.2) is 17.7 Å². The molecular formula is C23H26FNO3. The Morgan fingerprint density at radius 3 is 2.25 bits per heavy atom. The summed E-state index contributed by atoms with van der Waals surface area (Å²) in [5, 5.41) is 0. The monoisotopic (exact) mass is 383 g/mol. The largest absolute Gasteiger partial charge is 0.478 e. The molecule has 0 aliphatic carbocycles. The number of hydrogen-bond acceptors (Lipinski definition) is 3. The van der Waals surface area contributed by atoms with Gasteiger partial charge in [-0.25, -0.2) is 4.39 Å². The fraction of sp³-hybridized carbons (Fsp3) is 0.391. The molecule has 0 saturated carbocycles. The molecule has 148 valence electrons. The molecular weight excluding hydrogens is 357 g/mol. The van der Waals surface area contributed by atoms with Crippen molar-refractivity contribution < 1.29 is 18.7 Å². The normalized spacial score (nSPS) is 17.0. The quantitative estimate of drug-likeness (QED) is 0.753. The van der Waals surface area contributed by atoms with Crippen LogP contribution in [0.2, 0.25) is 0 Å². The second-order valence-electron chi connectivity index (χ2n) is 7.27. The van der Waals surface area contributed by atoms with E-state index in [9.17, 15) is 14.0 Å². The third-order valence-corrected chi connectivity index (χ3v) is 5.68. The van der Waals surface area contributed by atoms with Crippen LogP contribution < -0.4 is 4.74 Å². The maximum Gasteiger partial charge on any atom is 0.263 e. The van der Waals surface area contributed by atoms with E-state index >= 15 is 0 Å². The average Bonchev–Trinajstić information content (AvgIpc) is 2.73. The Morgan fingerprint density at radius 1 is 1.07 bits per heavy atom. The SMILES string of the molecule is CCC(Oc1ccccc1F)C(=O)N1CCC(C(C)=O)(c2ccccc2)CC1. The van der Waals surface area contributed by atoms with Crippen LogP contribution in [0.1, 0.15) is 38.7 Å². The molecule has 1 unspecified atom stereocenters. The number of ether oxygens (including phenoxy) is 1. The number of para-hydroxylation sites is 1. The van der Waals surface area contributed by atoms with E-state index in [1.54, 1.807) is 24.0 Å². The minimum Gasteiger partial charge on any atom is -0.478 e. The smallest absolute Gasteiger partial charge is 0.263 e. The van der Waals surface area contributed by atoms with E-state index in [4.69, 9.17) is 4.74 Å². The Kier molecular flexibility index (Phi) is 6.12. The fourth-order valence-corrected chi connectivity index (χ4v) is 3.92. The van der Waals surface area contributed by atoms with Crippen LogP contribution in [0.5, 0.6) is 5.75 Å². The zero-order valence-electron chi connectivity index (χ0n) is 16.4. The Balaban J connectivity index is 1.71. The van der Waals surface area contributed by atoms with Crippen molar-refractivity contribution >= 4 is 11.7 Å². The summed E-state index contributed by atoms with van der Waals surface area (Å²) in [6, 6.07) is 15.9. The molecule has 1 aliphatic rings. The van der Waals surface area contributed by atoms with Crippen molar-refractivity contribution in [1.82, 2.24) is 4.90 Å². The number of halogens is 1. The molecule has 1 saturated heterocycles. The molecule has 1 heterocycles. The van der Waals surface area contributed by atoms with Crippen LogP contribution in [0.15, 0.2) is 54.6 Å². The molecule has 1 atom stereocenters. The number of benzene rings is 2. The number of carbonyl (C=O) groups is 2. The second-order valence-corrected chi connectivity index (χ2v) is 7.27. The van der Waals surface area contributed by atoms with E-state index in [0.717, 1.165) is 5.56 Å². The van der Waals surface area contributed by atoms with Crippen LogP contribution in [0.25, 0.3) is 0 Å². The summed E-state index contributed by atoms with van der Waals surface area (Å²) in [6.07, 6.45) is 0.862. The first-order chi connectivity index (χ1) is 13.5. The molecule has 1 amide bonds. The highest BCUT2D eigenvalue weighted by atomic mass is 19.1. The summed E-state index contributed by atoms with van der Waals surface area (Å²) in [4.78, 5) is 27.2. The molecule has 1 fully saturated rings. The lowest BCUT2D eigenvalue weighted by atomic mass is 9.70. The molecule has 2 aromatic rings. The lowest BCUT2D eigenvalue weighted by molar-refractivity contribution is -0.142. The van der Waals surface area contributed by atoms with Gasteiger partial charge in [-0.15, -0.1) is 0 Å². The van der Waals surface area contributed by atoms with E-state index in [1.165, 1.54) is 12.1 Å². The van der Waals surface area contributed by atoms with Crippen molar-refractivity contribution in [2.45, 2.75) is 44.6 Å². The first-order valence-corrected chi connectivity index (χ1v) is 9.74. The predicted molar refractivity (Wildman–Crippen MR) is 106 cm³/mol. The second kappa shape index (κ2) is 8.55. The average molecular weight is 383 g/mol. The van der Waals surface area contributed by atoms with Gasteiger partial charge in [0, 0.05) is 13.1 Å². The molecule has 4 nitrogen and oxygen atoms in total. The summed E-state index contributed by atoms with van der Waals surface area (Å²) >= 11 is 0. The number of carbonyl (C=O) groups excluding carboxylic acids is 2. The third kappa shape index (κ3) is 3.93. The van der Waals surface area contributed by atoms with Crippen LogP contribution in [0.4, 0.5) is 4.39 Å². The standard InChI is InChI=1S/C23H26FNO3/c1-3-20(28-21-12-8-7-11-19(21)24)22(27)25-15-13-23(14-16-25,17(2)26)18-9-5-4-6-10-18/h4-12,20H,3,13-16H2,1-2H3. The van der Waals surface area contributed by atoms with Gasteiger partial charge in [-0.3, -0.25) is 9.59 Å². The molecule has 0 N–H and O–H groups in total. The predicted octanol–water partition coefficient (Wildman–Crippen LogP) is 4.13. The van der Waals surface area contributed by atoms with Gasteiger partial charge in [0.25, 0.3) is 5.91 Å². The number of nitrogens with zero attached hydrogens (tertiary/aromatic N) is 1. The molecule has 0 spiro atoms. The zero-order chi connectivity index (χ0) is 20.1. The van der Waals surface area contributed by atoms with Crippen LogP contribution in [0, 0.1) is 5.82 Å². The molecule has 28 heavy (non-hydrogen) atoms. The lowest BCUT2D eigenvalue weighted by Crippen LogP contribution is -2.51. The number of rotatable bonds is 6. The van der Waals surface area contributed by atoms with Gasteiger partial charge in [0.05, 0.1) is 5.41 Å². The minimum atomic E-state index is -0.738. The molecule has 3 rings (SSSR count). The van der Waals surface area contributed by atoms with Crippen molar-refractivity contribution in [3.8, 4) is 5.75 Å². The zero-order valence-corrected chi connectivity index (χ0v) is 16.4. The van der Waals surface area contributed by atoms with E-state index < -0.39 is 17.3 Å². The Bertz CT molecular complexity index is 829. The minimum absolute atomic E-state index is 0.0853. The summed E-state index contributed by atoms with van der Waals surface area (Å²) in [7, 11) is 0. The summed E-state index contributed by atoms with van der Waals surface area (Å²) < 4.78 is 19.5. The first kappa shape index (κ1) is 20.1. The van der Waals surface area contributed by atoms with Crippen LogP contribution in [-0.2, 0) is 15.0 Å². The Hall–Kier alpha value is -2.69. The highest BCUT2D eigenvalue weighted by molar-refractivity contribution is 5.89. The lowest BCUT2D eigenvalue weighted by Gasteiger charge is -2.41. The maximum atomic E-state index is 13.9. The molecule has 5 heteroatoms. The number of Topliss-reactive ketones (excluding diaryl/α,β-unsaturated/α-hetero) is 1. The third-order valence-electron chi connectivity index (χ3n) is 5.68. The van der Waals surface area contributed by atoms with Gasteiger partial charge in [-0.1, -0.05) is 49.4 Å². The topological polar surface area (TPSA) is 46.6 Å². The van der Waals surface area contributed by atoms with Crippen molar-refractivity contribution in [3.05, 3.63) is 66.0 Å². The van der Waals surface area contributed by atoms with Crippen molar-refractivity contribution in [2.24, 2.45) is 0 Å². The van der Waals surface area contributed by atoms with Gasteiger partial charge >= 0.3 is 0 Å². The fourth-order valence-electron chi connectivity index (χ4n) is 3.92. The van der Waals surface area contributed by atoms with Gasteiger partial charge in [0.2, 0.25) is 0 Å². The van der Waals surface area contributed by atoms with E-state index in [2.05, 4.69) is 0 Å². The summed E-state index contributed by atoms with van der Waals surface area (Å²) in [6.45, 7) is 4.42. The number of amides is 1. The van der Waals surface area contributed by atoms with Crippen molar-refractivity contribution in [2.75, 3.05) is 13.1 Å². The maximum absolute atomic E-state index is 13.9. The number of ketones is 1. The van der Waals surface area contributed by atoms with Gasteiger partial charge in [-0.05, 0) is 43.9 Å². The Labute approximate surface area is 165 Å². The molecule has 0 bridgehead atoms. The van der Waals surface area contributed by atoms with E-state index in [0.29, 0.717) is 32.4 Å². The highest BCUT2D eigenvalue weighted by Crippen LogP contribution is 2.36. The number of hydrogen-bond donors (Lipinski definition) is 0. The summed E-state index contributed by atoms with van der Waals surface area (Å²) in [5.41, 5.74) is 0.454. The van der Waals surface area contributed by atoms with Crippen LogP contribution in [0.3, 0.4) is 0 Å². The molecule has 1 aliphatic heterocycles. The molecule has 2 aromatic carbocycles. The summed E-state index contributed by atoms with van der Waals surface area (Å²) in [5.74, 6) is -0.425. The first-order valence-electron chi connectivity index (χ1n) is 9.74. The van der Waals surface area contributed by atoms with E-state index in [1.807, 2.05) is 37.3 Å². The van der Waals surface area contributed by atoms with Crippen molar-refractivity contribution in [1.29, 1.82) is 0 Å². The van der Waals surface area contributed by atoms with Crippen LogP contribution >= 0.6 is 0 Å². The molecule has 0 radical (unpaired) electrons. The van der Waals surface area contributed by atoms with E-state index in [-0.39, 0.29) is 17.4 Å². The number of likely N-dealkylation sites (tertiary alicyclic amines) is 1. The van der Waals surface area contributed by atoms with Gasteiger partial charge in [-0.2, -0.15) is 0 Å². The van der Waals surface area contributed by atoms with Crippen molar-refractivity contribution in [3.63, 3.8) is 0 Å². The van der Waals surface area contributed by atoms with Gasteiger partial charge < -0.3 is 9.64 Å². The molecule has 0 aromatic heterocycles. The Morgan fingerprint density at radius 2 is 1.68 bits per heavy atom. The highest BCUT2D eigenvalue weighted by Gasteiger charge is 2.42.